The fourth-order valence-electron chi connectivity index (χ4n) is 2.21. The molecule has 0 N–H and O–H groups in total. The normalized spacial score (nSPS) is 10.6. The van der Waals surface area contributed by atoms with Crippen molar-refractivity contribution in [2.75, 3.05) is 14.2 Å². The minimum atomic E-state index is -1.34. The molecule has 0 radical (unpaired) electrons. The van der Waals surface area contributed by atoms with Gasteiger partial charge in [0.1, 0.15) is 5.69 Å². The summed E-state index contributed by atoms with van der Waals surface area (Å²) >= 11 is 0. The van der Waals surface area contributed by atoms with Gasteiger partial charge in [0.05, 0.1) is 25.9 Å². The number of carbonyl (C=O) groups excluding carboxylic acids is 1. The number of methoxy groups -OCH3 is 2. The van der Waals surface area contributed by atoms with E-state index in [1.54, 1.807) is 38.6 Å². The molecule has 2 aromatic heterocycles. The smallest absolute Gasteiger partial charge is 0.161 e. The Morgan fingerprint density at radius 2 is 1.91 bits per heavy atom. The molecule has 0 saturated heterocycles. The maximum atomic E-state index is 11.0. The summed E-state index contributed by atoms with van der Waals surface area (Å²) in [5, 5.41) is 15.0. The molecule has 7 nitrogen and oxygen atoms in total. The lowest BCUT2D eigenvalue weighted by Crippen LogP contribution is -2.22. The first-order valence-corrected chi connectivity index (χ1v) is 6.42. The van der Waals surface area contributed by atoms with Gasteiger partial charge >= 0.3 is 0 Å². The molecule has 0 spiro atoms. The van der Waals surface area contributed by atoms with Crippen LogP contribution in [0.25, 0.3) is 16.9 Å². The van der Waals surface area contributed by atoms with Crippen LogP contribution in [-0.2, 0) is 0 Å². The van der Waals surface area contributed by atoms with Crippen molar-refractivity contribution in [1.82, 2.24) is 14.6 Å². The van der Waals surface area contributed by atoms with Crippen LogP contribution in [-0.4, -0.2) is 34.8 Å². The molecule has 0 amide bonds. The summed E-state index contributed by atoms with van der Waals surface area (Å²) < 4.78 is 11.9. The third-order valence-corrected chi connectivity index (χ3v) is 3.25. The Hall–Kier alpha value is -3.09. The number of nitrogens with zero attached hydrogens (tertiary/aromatic N) is 3. The van der Waals surface area contributed by atoms with Gasteiger partial charge in [-0.3, -0.25) is 0 Å². The molecule has 0 aliphatic rings. The second-order valence-electron chi connectivity index (χ2n) is 4.49. The first kappa shape index (κ1) is 13.9. The molecule has 1 aromatic carbocycles. The predicted octanol–water partition coefficient (Wildman–Crippen LogP) is 0.777. The number of benzene rings is 1. The lowest BCUT2D eigenvalue weighted by molar-refractivity contribution is -0.255. The number of carboxylic acid groups (broad SMARTS) is 1. The molecule has 3 rings (SSSR count). The second kappa shape index (κ2) is 5.36. The van der Waals surface area contributed by atoms with E-state index in [9.17, 15) is 9.90 Å². The van der Waals surface area contributed by atoms with Crippen molar-refractivity contribution >= 4 is 11.6 Å². The van der Waals surface area contributed by atoms with E-state index in [4.69, 9.17) is 9.47 Å². The fourth-order valence-corrected chi connectivity index (χ4v) is 2.21. The van der Waals surface area contributed by atoms with Crippen molar-refractivity contribution in [3.8, 4) is 22.8 Å². The van der Waals surface area contributed by atoms with E-state index in [0.717, 1.165) is 5.56 Å². The van der Waals surface area contributed by atoms with E-state index in [1.807, 2.05) is 6.07 Å². The van der Waals surface area contributed by atoms with Crippen molar-refractivity contribution in [2.24, 2.45) is 0 Å². The number of hydrogen-bond acceptors (Lipinski definition) is 6. The lowest BCUT2D eigenvalue weighted by Gasteiger charge is -2.10. The summed E-state index contributed by atoms with van der Waals surface area (Å²) in [6.45, 7) is 0. The monoisotopic (exact) mass is 298 g/mol. The van der Waals surface area contributed by atoms with E-state index in [-0.39, 0.29) is 5.69 Å². The summed E-state index contributed by atoms with van der Waals surface area (Å²) in [6, 6.07) is 8.48. The molecular weight excluding hydrogens is 286 g/mol. The highest BCUT2D eigenvalue weighted by Gasteiger charge is 2.11. The number of aromatic carboxylic acids is 1. The van der Waals surface area contributed by atoms with Crippen LogP contribution >= 0.6 is 0 Å². The highest BCUT2D eigenvalue weighted by Crippen LogP contribution is 2.32. The maximum Gasteiger partial charge on any atom is 0.161 e. The Labute approximate surface area is 125 Å². The van der Waals surface area contributed by atoms with Crippen molar-refractivity contribution in [3.63, 3.8) is 0 Å². The first-order valence-electron chi connectivity index (χ1n) is 6.42. The van der Waals surface area contributed by atoms with Crippen LogP contribution in [0.5, 0.6) is 11.5 Å². The van der Waals surface area contributed by atoms with Crippen LogP contribution in [0.4, 0.5) is 0 Å². The van der Waals surface area contributed by atoms with Gasteiger partial charge in [0.25, 0.3) is 0 Å². The molecule has 0 aliphatic heterocycles. The van der Waals surface area contributed by atoms with Crippen LogP contribution in [0.1, 0.15) is 10.5 Å². The quantitative estimate of drug-likeness (QED) is 0.707. The maximum absolute atomic E-state index is 11.0. The largest absolute Gasteiger partial charge is 0.543 e. The van der Waals surface area contributed by atoms with Gasteiger partial charge in [0.2, 0.25) is 0 Å². The average Bonchev–Trinajstić information content (AvgIpc) is 2.98. The minimum absolute atomic E-state index is 0.166. The van der Waals surface area contributed by atoms with Gasteiger partial charge in [-0.25, -0.2) is 9.50 Å². The Morgan fingerprint density at radius 1 is 1.14 bits per heavy atom. The second-order valence-corrected chi connectivity index (χ2v) is 4.49. The van der Waals surface area contributed by atoms with Gasteiger partial charge in [-0.05, 0) is 24.3 Å². The molecule has 3 aromatic rings. The van der Waals surface area contributed by atoms with Crippen LogP contribution in [0, 0.1) is 0 Å². The summed E-state index contributed by atoms with van der Waals surface area (Å²) in [7, 11) is 3.10. The zero-order valence-electron chi connectivity index (χ0n) is 11.9. The molecule has 112 valence electrons. The third kappa shape index (κ3) is 2.22. The summed E-state index contributed by atoms with van der Waals surface area (Å²) in [5.41, 5.74) is 1.73. The van der Waals surface area contributed by atoms with E-state index >= 15 is 0 Å². The summed E-state index contributed by atoms with van der Waals surface area (Å²) in [5.74, 6) is -0.173. The van der Waals surface area contributed by atoms with Gasteiger partial charge < -0.3 is 19.4 Å². The number of carboxylic acids is 1. The van der Waals surface area contributed by atoms with Crippen molar-refractivity contribution in [1.29, 1.82) is 0 Å². The minimum Gasteiger partial charge on any atom is -0.543 e. The molecule has 2 heterocycles. The van der Waals surface area contributed by atoms with Gasteiger partial charge in [-0.1, -0.05) is 0 Å². The number of carbonyl (C=O) groups is 1. The van der Waals surface area contributed by atoms with Gasteiger partial charge in [0.15, 0.2) is 17.1 Å². The molecule has 0 atom stereocenters. The molecular formula is C15H12N3O4-. The molecule has 0 saturated carbocycles. The number of hydrogen-bond donors (Lipinski definition) is 0. The molecule has 0 aliphatic carbocycles. The van der Waals surface area contributed by atoms with Gasteiger partial charge in [0, 0.05) is 17.8 Å². The predicted molar refractivity (Wildman–Crippen MR) is 75.9 cm³/mol. The standard InChI is InChI=1S/C15H13N3O4/c1-21-12-4-3-9(7-13(12)22-2)11-5-6-16-14-8-10(15(19)20)17-18(11)14/h3-8H,1-2H3,(H,19,20)/p-1. The van der Waals surface area contributed by atoms with E-state index in [0.29, 0.717) is 22.8 Å². The Bertz CT molecular complexity index is 857. The molecule has 0 bridgehead atoms. The van der Waals surface area contributed by atoms with E-state index in [1.165, 1.54) is 10.6 Å². The fraction of sp³-hybridized carbons (Fsp3) is 0.133. The van der Waals surface area contributed by atoms with Gasteiger partial charge in [-0.15, -0.1) is 0 Å². The zero-order valence-corrected chi connectivity index (χ0v) is 11.9. The van der Waals surface area contributed by atoms with Crippen molar-refractivity contribution < 1.29 is 19.4 Å². The highest BCUT2D eigenvalue weighted by molar-refractivity contribution is 5.85. The first-order chi connectivity index (χ1) is 10.6. The lowest BCUT2D eigenvalue weighted by atomic mass is 10.1. The molecule has 0 unspecified atom stereocenters. The third-order valence-electron chi connectivity index (χ3n) is 3.25. The number of aromatic nitrogens is 3. The van der Waals surface area contributed by atoms with E-state index < -0.39 is 5.97 Å². The van der Waals surface area contributed by atoms with Crippen molar-refractivity contribution in [3.05, 3.63) is 42.2 Å². The molecule has 7 heteroatoms. The van der Waals surface area contributed by atoms with Crippen LogP contribution in [0.3, 0.4) is 0 Å². The molecule has 22 heavy (non-hydrogen) atoms. The summed E-state index contributed by atoms with van der Waals surface area (Å²) in [4.78, 5) is 15.1. The number of rotatable bonds is 4. The molecule has 0 fully saturated rings. The Kier molecular flexibility index (Phi) is 3.38. The zero-order chi connectivity index (χ0) is 15.7. The average molecular weight is 298 g/mol. The van der Waals surface area contributed by atoms with Crippen molar-refractivity contribution in [2.45, 2.75) is 0 Å². The Morgan fingerprint density at radius 3 is 2.59 bits per heavy atom. The Balaban J connectivity index is 2.19. The highest BCUT2D eigenvalue weighted by atomic mass is 16.5. The van der Waals surface area contributed by atoms with Gasteiger partial charge in [-0.2, -0.15) is 5.10 Å². The van der Waals surface area contributed by atoms with Crippen LogP contribution in [0.15, 0.2) is 36.5 Å². The van der Waals surface area contributed by atoms with Crippen LogP contribution < -0.4 is 14.6 Å². The number of fused-ring (bicyclic) bond motifs is 1. The summed E-state index contributed by atoms with van der Waals surface area (Å²) in [6.07, 6.45) is 1.59. The van der Waals surface area contributed by atoms with Crippen LogP contribution in [0.2, 0.25) is 0 Å². The number of ether oxygens (including phenoxy) is 2. The SMILES string of the molecule is COc1ccc(-c2ccnc3cc(C(=O)[O-])nn23)cc1OC. The van der Waals surface area contributed by atoms with E-state index in [2.05, 4.69) is 10.1 Å². The topological polar surface area (TPSA) is 88.8 Å².